The first-order chi connectivity index (χ1) is 21.6. The summed E-state index contributed by atoms with van der Waals surface area (Å²) in [6.07, 6.45) is 1.96. The van der Waals surface area contributed by atoms with Gasteiger partial charge in [0.25, 0.3) is 10.0 Å². The molecule has 7 nitrogen and oxygen atoms in total. The van der Waals surface area contributed by atoms with Crippen LogP contribution >= 0.6 is 11.6 Å². The van der Waals surface area contributed by atoms with E-state index in [2.05, 4.69) is 5.32 Å². The molecule has 1 atom stereocenters. The number of amides is 2. The Hall–Kier alpha value is -4.14. The second-order valence-corrected chi connectivity index (χ2v) is 13.4. The molecule has 1 N–H and O–H groups in total. The lowest BCUT2D eigenvalue weighted by Crippen LogP contribution is -2.53. The molecule has 0 saturated carbocycles. The molecule has 0 aliphatic rings. The number of hydrogen-bond donors (Lipinski definition) is 1. The fraction of sp³-hybridized carbons (Fsp3) is 0.278. The lowest BCUT2D eigenvalue weighted by atomic mass is 10.0. The summed E-state index contributed by atoms with van der Waals surface area (Å²) in [5.41, 5.74) is 3.65. The van der Waals surface area contributed by atoms with Crippen molar-refractivity contribution in [3.63, 3.8) is 0 Å². The Kier molecular flexibility index (Phi) is 11.8. The molecule has 4 aromatic rings. The maximum absolute atomic E-state index is 14.6. The normalized spacial score (nSPS) is 11.9. The van der Waals surface area contributed by atoms with Crippen LogP contribution < -0.4 is 9.62 Å². The third-order valence-electron chi connectivity index (χ3n) is 7.59. The molecule has 0 aliphatic carbocycles. The van der Waals surface area contributed by atoms with E-state index in [4.69, 9.17) is 11.6 Å². The Balaban J connectivity index is 1.81. The number of nitrogens with zero attached hydrogens (tertiary/aromatic N) is 2. The zero-order valence-electron chi connectivity index (χ0n) is 25.9. The molecule has 0 unspecified atom stereocenters. The van der Waals surface area contributed by atoms with E-state index < -0.39 is 28.5 Å². The zero-order chi connectivity index (χ0) is 32.4. The van der Waals surface area contributed by atoms with Crippen molar-refractivity contribution in [2.45, 2.75) is 57.5 Å². The van der Waals surface area contributed by atoms with Crippen molar-refractivity contribution >= 4 is 39.1 Å². The van der Waals surface area contributed by atoms with Crippen molar-refractivity contribution < 1.29 is 18.0 Å². The fourth-order valence-electron chi connectivity index (χ4n) is 5.15. The largest absolute Gasteiger partial charge is 0.354 e. The van der Waals surface area contributed by atoms with Gasteiger partial charge in [-0.05, 0) is 61.2 Å². The van der Waals surface area contributed by atoms with Crippen LogP contribution in [0.2, 0.25) is 5.02 Å². The van der Waals surface area contributed by atoms with Gasteiger partial charge >= 0.3 is 0 Å². The fourth-order valence-corrected chi connectivity index (χ4v) is 6.81. The summed E-state index contributed by atoms with van der Waals surface area (Å²) in [5.74, 6) is -0.799. The first-order valence-corrected chi connectivity index (χ1v) is 16.9. The molecule has 0 spiro atoms. The molecule has 0 aromatic heterocycles. The molecule has 4 aromatic carbocycles. The molecule has 45 heavy (non-hydrogen) atoms. The number of halogens is 1. The topological polar surface area (TPSA) is 86.8 Å². The summed E-state index contributed by atoms with van der Waals surface area (Å²) >= 11 is 6.35. The maximum atomic E-state index is 14.6. The molecule has 0 heterocycles. The predicted molar refractivity (Wildman–Crippen MR) is 181 cm³/mol. The van der Waals surface area contributed by atoms with Crippen molar-refractivity contribution in [1.82, 2.24) is 10.2 Å². The number of unbranched alkanes of at least 4 members (excludes halogenated alkanes) is 1. The molecular formula is C36H40ClN3O4S. The molecule has 0 radical (unpaired) electrons. The Morgan fingerprint density at radius 2 is 1.51 bits per heavy atom. The SMILES string of the molecule is CCCCNC(=O)[C@@H](Cc1ccccc1)N(Cc1cccc(C)c1)C(=O)CN(c1cc(Cl)ccc1C)S(=O)(=O)c1ccccc1. The highest BCUT2D eigenvalue weighted by molar-refractivity contribution is 7.92. The lowest BCUT2D eigenvalue weighted by Gasteiger charge is -2.34. The van der Waals surface area contributed by atoms with Gasteiger partial charge in [-0.2, -0.15) is 0 Å². The minimum atomic E-state index is -4.20. The van der Waals surface area contributed by atoms with Crippen molar-refractivity contribution in [1.29, 1.82) is 0 Å². The van der Waals surface area contributed by atoms with Crippen molar-refractivity contribution in [2.75, 3.05) is 17.4 Å². The molecule has 4 rings (SSSR count). The highest BCUT2D eigenvalue weighted by Crippen LogP contribution is 2.30. The van der Waals surface area contributed by atoms with Crippen LogP contribution in [-0.2, 0) is 32.6 Å². The summed E-state index contributed by atoms with van der Waals surface area (Å²) in [5, 5.41) is 3.35. The van der Waals surface area contributed by atoms with Gasteiger partial charge in [0.2, 0.25) is 11.8 Å². The number of nitrogens with one attached hydrogen (secondary N) is 1. The summed E-state index contributed by atoms with van der Waals surface area (Å²) in [6, 6.07) is 29.3. The highest BCUT2D eigenvalue weighted by Gasteiger charge is 2.35. The van der Waals surface area contributed by atoms with Crippen LogP contribution in [0.5, 0.6) is 0 Å². The number of carbonyl (C=O) groups is 2. The number of sulfonamides is 1. The Labute approximate surface area is 271 Å². The minimum Gasteiger partial charge on any atom is -0.354 e. The standard InChI is InChI=1S/C36H40ClN3O4S/c1-4-5-21-38-36(42)34(23-29-14-8-6-9-15-29)39(25-30-16-12-13-27(2)22-30)35(41)26-40(33-24-31(37)20-19-28(33)3)45(43,44)32-17-10-7-11-18-32/h6-20,22,24,34H,4-5,21,23,25-26H2,1-3H3,(H,38,42)/t34-/m1/s1. The van der Waals surface area contributed by atoms with E-state index in [0.29, 0.717) is 22.8 Å². The van der Waals surface area contributed by atoms with Crippen LogP contribution in [0.25, 0.3) is 0 Å². The van der Waals surface area contributed by atoms with E-state index in [1.807, 2.05) is 68.4 Å². The van der Waals surface area contributed by atoms with Gasteiger partial charge < -0.3 is 10.2 Å². The average molecular weight is 646 g/mol. The van der Waals surface area contributed by atoms with Gasteiger partial charge in [0.15, 0.2) is 0 Å². The number of rotatable bonds is 14. The van der Waals surface area contributed by atoms with Gasteiger partial charge in [0.05, 0.1) is 10.6 Å². The van der Waals surface area contributed by atoms with Gasteiger partial charge in [0.1, 0.15) is 12.6 Å². The molecule has 0 fully saturated rings. The van der Waals surface area contributed by atoms with Crippen LogP contribution in [0.4, 0.5) is 5.69 Å². The Morgan fingerprint density at radius 1 is 0.844 bits per heavy atom. The van der Waals surface area contributed by atoms with Crippen LogP contribution in [0.3, 0.4) is 0 Å². The summed E-state index contributed by atoms with van der Waals surface area (Å²) in [7, 11) is -4.20. The third kappa shape index (κ3) is 8.96. The van der Waals surface area contributed by atoms with Gasteiger partial charge in [-0.1, -0.05) is 109 Å². The second-order valence-electron chi connectivity index (χ2n) is 11.1. The zero-order valence-corrected chi connectivity index (χ0v) is 27.5. The number of benzene rings is 4. The van der Waals surface area contributed by atoms with E-state index in [-0.39, 0.29) is 23.8 Å². The molecule has 0 bridgehead atoms. The van der Waals surface area contributed by atoms with Crippen molar-refractivity contribution in [3.8, 4) is 0 Å². The quantitative estimate of drug-likeness (QED) is 0.155. The monoisotopic (exact) mass is 645 g/mol. The first-order valence-electron chi connectivity index (χ1n) is 15.1. The van der Waals surface area contributed by atoms with Crippen LogP contribution in [0.15, 0.2) is 108 Å². The van der Waals surface area contributed by atoms with Crippen LogP contribution in [0.1, 0.15) is 42.0 Å². The average Bonchev–Trinajstić information content (AvgIpc) is 3.03. The van der Waals surface area contributed by atoms with E-state index in [0.717, 1.165) is 33.8 Å². The van der Waals surface area contributed by atoms with E-state index in [9.17, 15) is 18.0 Å². The summed E-state index contributed by atoms with van der Waals surface area (Å²) in [6.45, 7) is 5.84. The summed E-state index contributed by atoms with van der Waals surface area (Å²) in [4.78, 5) is 30.0. The van der Waals surface area contributed by atoms with Gasteiger partial charge in [-0.15, -0.1) is 0 Å². The Morgan fingerprint density at radius 3 is 2.18 bits per heavy atom. The van der Waals surface area contributed by atoms with Gasteiger partial charge in [-0.3, -0.25) is 13.9 Å². The predicted octanol–water partition coefficient (Wildman–Crippen LogP) is 6.71. The lowest BCUT2D eigenvalue weighted by molar-refractivity contribution is -0.140. The van der Waals surface area contributed by atoms with E-state index in [1.165, 1.54) is 17.0 Å². The highest BCUT2D eigenvalue weighted by atomic mass is 35.5. The second kappa shape index (κ2) is 15.7. The molecule has 9 heteroatoms. The van der Waals surface area contributed by atoms with E-state index in [1.54, 1.807) is 43.3 Å². The molecule has 2 amide bonds. The number of aryl methyl sites for hydroxylation is 2. The number of hydrogen-bond acceptors (Lipinski definition) is 4. The minimum absolute atomic E-state index is 0.0422. The summed E-state index contributed by atoms with van der Waals surface area (Å²) < 4.78 is 29.4. The van der Waals surface area contributed by atoms with Crippen LogP contribution in [-0.4, -0.2) is 44.3 Å². The number of anilines is 1. The third-order valence-corrected chi connectivity index (χ3v) is 9.60. The molecule has 0 aliphatic heterocycles. The smallest absolute Gasteiger partial charge is 0.264 e. The molecular weight excluding hydrogens is 606 g/mol. The van der Waals surface area contributed by atoms with Gasteiger partial charge in [0, 0.05) is 24.5 Å². The van der Waals surface area contributed by atoms with E-state index >= 15 is 0 Å². The van der Waals surface area contributed by atoms with Crippen molar-refractivity contribution in [2.24, 2.45) is 0 Å². The van der Waals surface area contributed by atoms with Crippen molar-refractivity contribution in [3.05, 3.63) is 130 Å². The number of carbonyl (C=O) groups excluding carboxylic acids is 2. The Bertz CT molecular complexity index is 1700. The van der Waals surface area contributed by atoms with Crippen LogP contribution in [0, 0.1) is 13.8 Å². The molecule has 236 valence electrons. The molecule has 0 saturated heterocycles. The van der Waals surface area contributed by atoms with Gasteiger partial charge in [-0.25, -0.2) is 8.42 Å². The first kappa shape index (κ1) is 33.7. The maximum Gasteiger partial charge on any atom is 0.264 e.